The zero-order valence-electron chi connectivity index (χ0n) is 8.75. The maximum atomic E-state index is 11.0. The van der Waals surface area contributed by atoms with Crippen molar-refractivity contribution < 1.29 is 4.79 Å². The minimum Gasteiger partial charge on any atom is -0.383 e. The molecule has 0 fully saturated rings. The van der Waals surface area contributed by atoms with Gasteiger partial charge in [-0.05, 0) is 0 Å². The van der Waals surface area contributed by atoms with Gasteiger partial charge in [-0.3, -0.25) is 4.79 Å². The molecular weight excluding hydrogens is 246 g/mol. The van der Waals surface area contributed by atoms with Crippen LogP contribution in [0.5, 0.6) is 0 Å². The summed E-state index contributed by atoms with van der Waals surface area (Å²) in [5, 5.41) is 4.09. The lowest BCUT2D eigenvalue weighted by atomic mass is 10.3. The first-order chi connectivity index (χ1) is 8.00. The summed E-state index contributed by atoms with van der Waals surface area (Å²) in [6.07, 6.45) is 1.22. The van der Waals surface area contributed by atoms with Crippen molar-refractivity contribution in [3.8, 4) is 11.4 Å². The van der Waals surface area contributed by atoms with Gasteiger partial charge in [0.25, 0.3) is 5.91 Å². The van der Waals surface area contributed by atoms with E-state index in [-0.39, 0.29) is 28.2 Å². The van der Waals surface area contributed by atoms with E-state index in [1.54, 1.807) is 0 Å². The highest BCUT2D eigenvalue weighted by Gasteiger charge is 2.18. The highest BCUT2D eigenvalue weighted by molar-refractivity contribution is 6.32. The number of aromatic nitrogens is 5. The first-order valence-corrected chi connectivity index (χ1v) is 4.85. The molecule has 2 aromatic rings. The van der Waals surface area contributed by atoms with Crippen molar-refractivity contribution in [3.63, 3.8) is 0 Å². The van der Waals surface area contributed by atoms with Crippen LogP contribution < -0.4 is 11.5 Å². The van der Waals surface area contributed by atoms with Gasteiger partial charge < -0.3 is 11.5 Å². The Labute approximate surface area is 101 Å². The van der Waals surface area contributed by atoms with Crippen LogP contribution in [0.4, 0.5) is 5.82 Å². The van der Waals surface area contributed by atoms with Gasteiger partial charge in [-0.2, -0.15) is 5.10 Å². The van der Waals surface area contributed by atoms with Gasteiger partial charge in [-0.1, -0.05) is 11.6 Å². The Hall–Kier alpha value is -2.22. The fourth-order valence-electron chi connectivity index (χ4n) is 1.29. The molecule has 0 aliphatic carbocycles. The summed E-state index contributed by atoms with van der Waals surface area (Å²) in [5.74, 6) is -0.409. The van der Waals surface area contributed by atoms with Crippen LogP contribution in [0.15, 0.2) is 6.33 Å². The summed E-state index contributed by atoms with van der Waals surface area (Å²) < 4.78 is 1.24. The Morgan fingerprint density at radius 1 is 1.47 bits per heavy atom. The lowest BCUT2D eigenvalue weighted by Gasteiger charge is -2.00. The molecule has 0 bridgehead atoms. The molecule has 0 spiro atoms. The molecule has 9 heteroatoms. The summed E-state index contributed by atoms with van der Waals surface area (Å²) in [7, 11) is 1.53. The van der Waals surface area contributed by atoms with Crippen LogP contribution in [-0.4, -0.2) is 30.6 Å². The largest absolute Gasteiger partial charge is 0.383 e. The Kier molecular flexibility index (Phi) is 2.64. The third-order valence-electron chi connectivity index (χ3n) is 2.04. The van der Waals surface area contributed by atoms with Gasteiger partial charge in [-0.15, -0.1) is 0 Å². The van der Waals surface area contributed by atoms with Gasteiger partial charge in [-0.25, -0.2) is 19.6 Å². The molecule has 88 valence electrons. The minimum atomic E-state index is -0.696. The van der Waals surface area contributed by atoms with Gasteiger partial charge >= 0.3 is 0 Å². The molecule has 0 aromatic carbocycles. The van der Waals surface area contributed by atoms with Gasteiger partial charge in [0, 0.05) is 7.05 Å². The maximum Gasteiger partial charge on any atom is 0.286 e. The maximum absolute atomic E-state index is 11.0. The minimum absolute atomic E-state index is 0.000630. The smallest absolute Gasteiger partial charge is 0.286 e. The van der Waals surface area contributed by atoms with Gasteiger partial charge in [0.2, 0.25) is 5.82 Å². The third-order valence-corrected chi connectivity index (χ3v) is 2.32. The average Bonchev–Trinajstić information content (AvgIpc) is 2.60. The quantitative estimate of drug-likeness (QED) is 0.702. The molecule has 1 amide bonds. The van der Waals surface area contributed by atoms with E-state index >= 15 is 0 Å². The molecule has 2 aromatic heterocycles. The zero-order chi connectivity index (χ0) is 12.6. The van der Waals surface area contributed by atoms with Crippen LogP contribution in [0, 0.1) is 0 Å². The van der Waals surface area contributed by atoms with Crippen LogP contribution in [-0.2, 0) is 7.05 Å². The number of primary amides is 1. The molecule has 17 heavy (non-hydrogen) atoms. The van der Waals surface area contributed by atoms with E-state index in [4.69, 9.17) is 23.1 Å². The number of carbonyl (C=O) groups excluding carboxylic acids is 1. The van der Waals surface area contributed by atoms with Gasteiger partial charge in [0.05, 0.1) is 0 Å². The van der Waals surface area contributed by atoms with E-state index in [9.17, 15) is 4.79 Å². The third kappa shape index (κ3) is 1.89. The number of carbonyl (C=O) groups is 1. The molecule has 0 atom stereocenters. The number of rotatable bonds is 2. The van der Waals surface area contributed by atoms with Crippen molar-refractivity contribution in [1.29, 1.82) is 0 Å². The SMILES string of the molecule is Cn1nc(-c2c(N)ncnc2Cl)nc1C(N)=O. The standard InChI is InChI=1S/C8H8ClN7O/c1-16-8(6(11)17)14-7(15-16)3-4(9)12-2-13-5(3)10/h2H,1H3,(H2,11,17)(H2,10,12,13). The van der Waals surface area contributed by atoms with Crippen LogP contribution in [0.3, 0.4) is 0 Å². The number of halogens is 1. The van der Waals surface area contributed by atoms with Crippen molar-refractivity contribution in [2.24, 2.45) is 12.8 Å². The number of nitrogens with two attached hydrogens (primary N) is 2. The number of aryl methyl sites for hydroxylation is 1. The van der Waals surface area contributed by atoms with Crippen molar-refractivity contribution in [1.82, 2.24) is 24.7 Å². The highest BCUT2D eigenvalue weighted by atomic mass is 35.5. The zero-order valence-corrected chi connectivity index (χ0v) is 9.51. The highest BCUT2D eigenvalue weighted by Crippen LogP contribution is 2.27. The lowest BCUT2D eigenvalue weighted by molar-refractivity contribution is 0.0986. The van der Waals surface area contributed by atoms with E-state index in [1.165, 1.54) is 18.1 Å². The second-order valence-electron chi connectivity index (χ2n) is 3.17. The van der Waals surface area contributed by atoms with Crippen molar-refractivity contribution in [2.45, 2.75) is 0 Å². The van der Waals surface area contributed by atoms with Crippen molar-refractivity contribution >= 4 is 23.3 Å². The van der Waals surface area contributed by atoms with Gasteiger partial charge in [0.15, 0.2) is 5.82 Å². The van der Waals surface area contributed by atoms with E-state index in [2.05, 4.69) is 20.1 Å². The van der Waals surface area contributed by atoms with Crippen LogP contribution in [0.1, 0.15) is 10.6 Å². The Balaban J connectivity index is 2.62. The molecule has 0 saturated carbocycles. The summed E-state index contributed by atoms with van der Waals surface area (Å²) in [6.45, 7) is 0. The summed E-state index contributed by atoms with van der Waals surface area (Å²) in [4.78, 5) is 22.5. The number of hydrogen-bond acceptors (Lipinski definition) is 6. The lowest BCUT2D eigenvalue weighted by Crippen LogP contribution is -2.16. The molecule has 0 aliphatic rings. The monoisotopic (exact) mass is 253 g/mol. The average molecular weight is 254 g/mol. The van der Waals surface area contributed by atoms with E-state index in [1.807, 2.05) is 0 Å². The number of nitrogen functional groups attached to an aromatic ring is 1. The van der Waals surface area contributed by atoms with Crippen molar-refractivity contribution in [2.75, 3.05) is 5.73 Å². The molecule has 2 rings (SSSR count). The Morgan fingerprint density at radius 3 is 2.71 bits per heavy atom. The Morgan fingerprint density at radius 2 is 2.18 bits per heavy atom. The summed E-state index contributed by atoms with van der Waals surface area (Å²) >= 11 is 5.87. The number of anilines is 1. The Bertz CT molecular complexity index is 573. The molecule has 0 saturated heterocycles. The summed E-state index contributed by atoms with van der Waals surface area (Å²) in [6, 6.07) is 0. The molecule has 0 aliphatic heterocycles. The fraction of sp³-hybridized carbons (Fsp3) is 0.125. The van der Waals surface area contributed by atoms with E-state index in [0.29, 0.717) is 0 Å². The first-order valence-electron chi connectivity index (χ1n) is 4.48. The molecule has 0 unspecified atom stereocenters. The second-order valence-corrected chi connectivity index (χ2v) is 3.53. The van der Waals surface area contributed by atoms with Crippen LogP contribution >= 0.6 is 11.6 Å². The number of amides is 1. The molecular formula is C8H8ClN7O. The number of nitrogens with zero attached hydrogens (tertiary/aromatic N) is 5. The van der Waals surface area contributed by atoms with E-state index < -0.39 is 5.91 Å². The molecule has 4 N–H and O–H groups in total. The predicted octanol–water partition coefficient (Wildman–Crippen LogP) is -0.393. The number of hydrogen-bond donors (Lipinski definition) is 2. The molecule has 0 radical (unpaired) electrons. The van der Waals surface area contributed by atoms with E-state index in [0.717, 1.165) is 0 Å². The molecule has 2 heterocycles. The molecule has 8 nitrogen and oxygen atoms in total. The van der Waals surface area contributed by atoms with Crippen LogP contribution in [0.2, 0.25) is 5.15 Å². The van der Waals surface area contributed by atoms with Crippen LogP contribution in [0.25, 0.3) is 11.4 Å². The predicted molar refractivity (Wildman–Crippen MR) is 60.0 cm³/mol. The topological polar surface area (TPSA) is 126 Å². The summed E-state index contributed by atoms with van der Waals surface area (Å²) in [5.41, 5.74) is 11.0. The normalized spacial score (nSPS) is 10.5. The fourth-order valence-corrected chi connectivity index (χ4v) is 1.51. The first kappa shape index (κ1) is 11.3. The van der Waals surface area contributed by atoms with Crippen molar-refractivity contribution in [3.05, 3.63) is 17.3 Å². The second kappa shape index (κ2) is 3.98. The van der Waals surface area contributed by atoms with Gasteiger partial charge in [0.1, 0.15) is 22.9 Å².